The van der Waals surface area contributed by atoms with Crippen molar-refractivity contribution in [3.63, 3.8) is 0 Å². The number of hydrogen-bond acceptors (Lipinski definition) is 4. The Morgan fingerprint density at radius 3 is 2.74 bits per heavy atom. The van der Waals surface area contributed by atoms with E-state index in [2.05, 4.69) is 10.3 Å². The summed E-state index contributed by atoms with van der Waals surface area (Å²) in [5.41, 5.74) is 7.25. The number of amides is 1. The number of aromatic nitrogens is 1. The van der Waals surface area contributed by atoms with E-state index in [0.717, 1.165) is 0 Å². The van der Waals surface area contributed by atoms with E-state index in [1.165, 1.54) is 0 Å². The van der Waals surface area contributed by atoms with Crippen molar-refractivity contribution in [3.8, 4) is 5.75 Å². The van der Waals surface area contributed by atoms with Crippen molar-refractivity contribution in [2.24, 2.45) is 0 Å². The van der Waals surface area contributed by atoms with Gasteiger partial charge in [0.2, 0.25) is 0 Å². The van der Waals surface area contributed by atoms with E-state index in [9.17, 15) is 4.79 Å². The molecule has 0 saturated carbocycles. The van der Waals surface area contributed by atoms with Gasteiger partial charge in [-0.3, -0.25) is 9.78 Å². The molecule has 0 saturated heterocycles. The van der Waals surface area contributed by atoms with Gasteiger partial charge in [0, 0.05) is 23.8 Å². The van der Waals surface area contributed by atoms with E-state index in [1.54, 1.807) is 42.7 Å². The van der Waals surface area contributed by atoms with Gasteiger partial charge in [0.15, 0.2) is 0 Å². The van der Waals surface area contributed by atoms with Crippen molar-refractivity contribution in [2.45, 2.75) is 6.92 Å². The first kappa shape index (κ1) is 12.9. The number of anilines is 2. The Labute approximate surface area is 111 Å². The number of ether oxygens (including phenoxy) is 1. The third-order valence-corrected chi connectivity index (χ3v) is 2.52. The van der Waals surface area contributed by atoms with E-state index in [0.29, 0.717) is 29.3 Å². The summed E-state index contributed by atoms with van der Waals surface area (Å²) >= 11 is 0. The maximum absolute atomic E-state index is 12.2. The molecule has 1 heterocycles. The number of rotatable bonds is 4. The fourth-order valence-corrected chi connectivity index (χ4v) is 1.70. The Hall–Kier alpha value is -2.56. The minimum Gasteiger partial charge on any atom is -0.493 e. The molecule has 0 aliphatic rings. The first-order valence-corrected chi connectivity index (χ1v) is 5.95. The van der Waals surface area contributed by atoms with Crippen LogP contribution in [-0.4, -0.2) is 17.5 Å². The molecule has 0 spiro atoms. The van der Waals surface area contributed by atoms with Crippen LogP contribution in [0.4, 0.5) is 11.4 Å². The standard InChI is InChI=1S/C14H15N3O2/c1-2-19-12-5-3-4-11(15)13(12)14(18)17-10-6-8-16-9-7-10/h3-9H,2,15H2,1H3,(H,16,17,18). The number of hydrogen-bond donors (Lipinski definition) is 2. The van der Waals surface area contributed by atoms with Gasteiger partial charge < -0.3 is 15.8 Å². The lowest BCUT2D eigenvalue weighted by Crippen LogP contribution is -2.15. The fourth-order valence-electron chi connectivity index (χ4n) is 1.70. The Kier molecular flexibility index (Phi) is 3.97. The van der Waals surface area contributed by atoms with Crippen LogP contribution >= 0.6 is 0 Å². The summed E-state index contributed by atoms with van der Waals surface area (Å²) in [6, 6.07) is 8.56. The first-order valence-electron chi connectivity index (χ1n) is 5.95. The second-order valence-corrected chi connectivity index (χ2v) is 3.84. The zero-order valence-corrected chi connectivity index (χ0v) is 10.6. The molecule has 0 bridgehead atoms. The molecule has 1 amide bonds. The average molecular weight is 257 g/mol. The van der Waals surface area contributed by atoms with Crippen LogP contribution in [0.1, 0.15) is 17.3 Å². The molecule has 0 radical (unpaired) electrons. The van der Waals surface area contributed by atoms with Crippen molar-refractivity contribution in [1.29, 1.82) is 0 Å². The lowest BCUT2D eigenvalue weighted by molar-refractivity contribution is 0.102. The Balaban J connectivity index is 2.28. The monoisotopic (exact) mass is 257 g/mol. The zero-order valence-electron chi connectivity index (χ0n) is 10.6. The van der Waals surface area contributed by atoms with Gasteiger partial charge in [0.05, 0.1) is 6.61 Å². The molecule has 1 aromatic heterocycles. The summed E-state index contributed by atoms with van der Waals surface area (Å²) < 4.78 is 5.42. The number of nitrogens with zero attached hydrogens (tertiary/aromatic N) is 1. The molecule has 0 atom stereocenters. The number of nitrogens with one attached hydrogen (secondary N) is 1. The van der Waals surface area contributed by atoms with Gasteiger partial charge in [0.25, 0.3) is 5.91 Å². The zero-order chi connectivity index (χ0) is 13.7. The van der Waals surface area contributed by atoms with Gasteiger partial charge >= 0.3 is 0 Å². The van der Waals surface area contributed by atoms with Crippen LogP contribution in [0.5, 0.6) is 5.75 Å². The molecular formula is C14H15N3O2. The molecule has 0 aliphatic carbocycles. The van der Waals surface area contributed by atoms with Crippen molar-refractivity contribution in [1.82, 2.24) is 4.98 Å². The van der Waals surface area contributed by atoms with Gasteiger partial charge in [-0.05, 0) is 31.2 Å². The predicted octanol–water partition coefficient (Wildman–Crippen LogP) is 2.31. The number of benzene rings is 1. The van der Waals surface area contributed by atoms with Crippen molar-refractivity contribution in [3.05, 3.63) is 48.3 Å². The van der Waals surface area contributed by atoms with Gasteiger partial charge in [-0.25, -0.2) is 0 Å². The Bertz CT molecular complexity index is 570. The lowest BCUT2D eigenvalue weighted by atomic mass is 10.1. The van der Waals surface area contributed by atoms with E-state index < -0.39 is 0 Å². The molecule has 5 nitrogen and oxygen atoms in total. The number of nitrogen functional groups attached to an aromatic ring is 1. The number of carbonyl (C=O) groups is 1. The van der Waals surface area contributed by atoms with Crippen LogP contribution in [-0.2, 0) is 0 Å². The van der Waals surface area contributed by atoms with Crippen LogP contribution in [0.2, 0.25) is 0 Å². The molecule has 2 aromatic rings. The van der Waals surface area contributed by atoms with E-state index in [4.69, 9.17) is 10.5 Å². The smallest absolute Gasteiger partial charge is 0.261 e. The third-order valence-electron chi connectivity index (χ3n) is 2.52. The lowest BCUT2D eigenvalue weighted by Gasteiger charge is -2.12. The fraction of sp³-hybridized carbons (Fsp3) is 0.143. The number of nitrogens with two attached hydrogens (primary N) is 1. The van der Waals surface area contributed by atoms with Crippen molar-refractivity contribution >= 4 is 17.3 Å². The van der Waals surface area contributed by atoms with Crippen LogP contribution in [0.15, 0.2) is 42.7 Å². The largest absolute Gasteiger partial charge is 0.493 e. The van der Waals surface area contributed by atoms with Crippen molar-refractivity contribution in [2.75, 3.05) is 17.7 Å². The van der Waals surface area contributed by atoms with Crippen LogP contribution in [0.3, 0.4) is 0 Å². The molecule has 5 heteroatoms. The highest BCUT2D eigenvalue weighted by Gasteiger charge is 2.16. The summed E-state index contributed by atoms with van der Waals surface area (Å²) in [5, 5.41) is 2.76. The molecule has 0 fully saturated rings. The molecule has 2 rings (SSSR count). The van der Waals surface area contributed by atoms with Crippen LogP contribution in [0, 0.1) is 0 Å². The van der Waals surface area contributed by atoms with Gasteiger partial charge in [-0.1, -0.05) is 6.07 Å². The highest BCUT2D eigenvalue weighted by Crippen LogP contribution is 2.25. The van der Waals surface area contributed by atoms with Crippen LogP contribution < -0.4 is 15.8 Å². The SMILES string of the molecule is CCOc1cccc(N)c1C(=O)Nc1ccncc1. The van der Waals surface area contributed by atoms with E-state index >= 15 is 0 Å². The summed E-state index contributed by atoms with van der Waals surface area (Å²) in [7, 11) is 0. The van der Waals surface area contributed by atoms with Crippen LogP contribution in [0.25, 0.3) is 0 Å². The summed E-state index contributed by atoms with van der Waals surface area (Å²) in [4.78, 5) is 16.1. The Morgan fingerprint density at radius 1 is 1.32 bits per heavy atom. The maximum Gasteiger partial charge on any atom is 0.261 e. The topological polar surface area (TPSA) is 77.2 Å². The quantitative estimate of drug-likeness (QED) is 0.824. The minimum absolute atomic E-state index is 0.298. The Morgan fingerprint density at radius 2 is 2.05 bits per heavy atom. The molecule has 0 aliphatic heterocycles. The third kappa shape index (κ3) is 3.01. The first-order chi connectivity index (χ1) is 9.22. The molecule has 0 unspecified atom stereocenters. The van der Waals surface area contributed by atoms with E-state index in [-0.39, 0.29) is 5.91 Å². The van der Waals surface area contributed by atoms with Gasteiger partial charge in [-0.2, -0.15) is 0 Å². The molecule has 98 valence electrons. The normalized spacial score (nSPS) is 9.95. The maximum atomic E-state index is 12.2. The summed E-state index contributed by atoms with van der Waals surface area (Å²) in [5.74, 6) is 0.182. The second kappa shape index (κ2) is 5.86. The number of pyridine rings is 1. The summed E-state index contributed by atoms with van der Waals surface area (Å²) in [6.45, 7) is 2.33. The van der Waals surface area contributed by atoms with Gasteiger partial charge in [0.1, 0.15) is 11.3 Å². The minimum atomic E-state index is -0.298. The predicted molar refractivity (Wildman–Crippen MR) is 74.2 cm³/mol. The second-order valence-electron chi connectivity index (χ2n) is 3.84. The molecule has 1 aromatic carbocycles. The highest BCUT2D eigenvalue weighted by molar-refractivity contribution is 6.09. The van der Waals surface area contributed by atoms with E-state index in [1.807, 2.05) is 6.92 Å². The molecule has 19 heavy (non-hydrogen) atoms. The molecule has 3 N–H and O–H groups in total. The van der Waals surface area contributed by atoms with Crippen molar-refractivity contribution < 1.29 is 9.53 Å². The summed E-state index contributed by atoms with van der Waals surface area (Å²) in [6.07, 6.45) is 3.21. The molecular weight excluding hydrogens is 242 g/mol. The highest BCUT2D eigenvalue weighted by atomic mass is 16.5. The number of carbonyl (C=O) groups excluding carboxylic acids is 1. The average Bonchev–Trinajstić information content (AvgIpc) is 2.40. The van der Waals surface area contributed by atoms with Gasteiger partial charge in [-0.15, -0.1) is 0 Å².